The van der Waals surface area contributed by atoms with E-state index < -0.39 is 5.82 Å². The van der Waals surface area contributed by atoms with E-state index >= 15 is 0 Å². The van der Waals surface area contributed by atoms with Crippen molar-refractivity contribution in [2.45, 2.75) is 33.2 Å². The van der Waals surface area contributed by atoms with Crippen LogP contribution < -0.4 is 16.0 Å². The summed E-state index contributed by atoms with van der Waals surface area (Å²) in [6.07, 6.45) is 0.636. The van der Waals surface area contributed by atoms with Crippen molar-refractivity contribution in [1.29, 1.82) is 0 Å². The van der Waals surface area contributed by atoms with Crippen LogP contribution in [0.4, 0.5) is 9.18 Å². The molecule has 0 fully saturated rings. The Kier molecular flexibility index (Phi) is 7.81. The number of rotatable bonds is 7. The molecule has 0 aliphatic carbocycles. The van der Waals surface area contributed by atoms with Gasteiger partial charge in [-0.2, -0.15) is 0 Å². The highest BCUT2D eigenvalue weighted by Gasteiger charge is 2.13. The number of urea groups is 1. The standard InChI is InChI=1S/C16H23ClFN3O2/c1-10(2)15(22)19-7-4-8-20-16(23)21-11(3)13-6-5-12(18)9-14(13)17/h5-6,9-11H,4,7-8H2,1-3H3,(H,19,22)(H2,20,21,23)/t11-/m1/s1. The third-order valence-electron chi connectivity index (χ3n) is 3.24. The summed E-state index contributed by atoms with van der Waals surface area (Å²) in [6.45, 7) is 6.36. The van der Waals surface area contributed by atoms with Gasteiger partial charge in [0.15, 0.2) is 0 Å². The SMILES string of the molecule is CC(C)C(=O)NCCCNC(=O)N[C@H](C)c1ccc(F)cc1Cl. The Balaban J connectivity index is 2.29. The van der Waals surface area contributed by atoms with Gasteiger partial charge in [0, 0.05) is 24.0 Å². The van der Waals surface area contributed by atoms with E-state index in [-0.39, 0.29) is 28.9 Å². The number of carbonyl (C=O) groups is 2. The molecule has 1 rings (SSSR count). The van der Waals surface area contributed by atoms with Gasteiger partial charge in [0.05, 0.1) is 6.04 Å². The maximum atomic E-state index is 13.0. The van der Waals surface area contributed by atoms with Gasteiger partial charge in [-0.25, -0.2) is 9.18 Å². The minimum absolute atomic E-state index is 0.00553. The largest absolute Gasteiger partial charge is 0.356 e. The van der Waals surface area contributed by atoms with Gasteiger partial charge in [-0.3, -0.25) is 4.79 Å². The first-order chi connectivity index (χ1) is 10.8. The smallest absolute Gasteiger partial charge is 0.315 e. The molecule has 0 heterocycles. The van der Waals surface area contributed by atoms with Crippen molar-refractivity contribution < 1.29 is 14.0 Å². The van der Waals surface area contributed by atoms with Crippen LogP contribution in [-0.2, 0) is 4.79 Å². The van der Waals surface area contributed by atoms with Crippen LogP contribution in [0.15, 0.2) is 18.2 Å². The summed E-state index contributed by atoms with van der Waals surface area (Å²) in [5.41, 5.74) is 0.646. The molecule has 3 N–H and O–H groups in total. The van der Waals surface area contributed by atoms with E-state index in [9.17, 15) is 14.0 Å². The van der Waals surface area contributed by atoms with Gasteiger partial charge in [-0.1, -0.05) is 31.5 Å². The summed E-state index contributed by atoms with van der Waals surface area (Å²) in [7, 11) is 0. The second kappa shape index (κ2) is 9.35. The number of carbonyl (C=O) groups excluding carboxylic acids is 2. The maximum absolute atomic E-state index is 13.0. The van der Waals surface area contributed by atoms with E-state index in [2.05, 4.69) is 16.0 Å². The Morgan fingerprint density at radius 2 is 1.83 bits per heavy atom. The molecule has 0 aromatic heterocycles. The van der Waals surface area contributed by atoms with Gasteiger partial charge in [0.25, 0.3) is 0 Å². The lowest BCUT2D eigenvalue weighted by molar-refractivity contribution is -0.123. The first kappa shape index (κ1) is 19.2. The fourth-order valence-corrected chi connectivity index (χ4v) is 2.22. The fraction of sp³-hybridized carbons (Fsp3) is 0.500. The van der Waals surface area contributed by atoms with E-state index in [0.717, 1.165) is 0 Å². The molecule has 128 valence electrons. The Morgan fingerprint density at radius 1 is 1.17 bits per heavy atom. The average molecular weight is 344 g/mol. The first-order valence-electron chi connectivity index (χ1n) is 7.58. The quantitative estimate of drug-likeness (QED) is 0.666. The van der Waals surface area contributed by atoms with Crippen LogP contribution >= 0.6 is 11.6 Å². The van der Waals surface area contributed by atoms with Gasteiger partial charge in [-0.15, -0.1) is 0 Å². The number of nitrogens with one attached hydrogen (secondary N) is 3. The minimum atomic E-state index is -0.418. The van der Waals surface area contributed by atoms with Crippen LogP contribution in [0.2, 0.25) is 5.02 Å². The molecule has 7 heteroatoms. The number of hydrogen-bond donors (Lipinski definition) is 3. The van der Waals surface area contributed by atoms with Crippen molar-refractivity contribution in [2.75, 3.05) is 13.1 Å². The molecular formula is C16H23ClFN3O2. The highest BCUT2D eigenvalue weighted by atomic mass is 35.5. The molecule has 0 spiro atoms. The summed E-state index contributed by atoms with van der Waals surface area (Å²) < 4.78 is 13.0. The summed E-state index contributed by atoms with van der Waals surface area (Å²) in [6, 6.07) is 3.38. The Hall–Kier alpha value is -1.82. The molecule has 0 unspecified atom stereocenters. The fourth-order valence-electron chi connectivity index (χ4n) is 1.88. The third kappa shape index (κ3) is 6.86. The molecule has 23 heavy (non-hydrogen) atoms. The summed E-state index contributed by atoms with van der Waals surface area (Å²) in [4.78, 5) is 23.1. The predicted octanol–water partition coefficient (Wildman–Crippen LogP) is 3.00. The number of halogens is 2. The monoisotopic (exact) mass is 343 g/mol. The summed E-state index contributed by atoms with van der Waals surface area (Å²) in [5, 5.41) is 8.47. The van der Waals surface area contributed by atoms with Crippen molar-refractivity contribution in [1.82, 2.24) is 16.0 Å². The van der Waals surface area contributed by atoms with Crippen molar-refractivity contribution in [3.8, 4) is 0 Å². The molecule has 3 amide bonds. The lowest BCUT2D eigenvalue weighted by Gasteiger charge is -2.16. The van der Waals surface area contributed by atoms with Crippen molar-refractivity contribution in [3.63, 3.8) is 0 Å². The summed E-state index contributed by atoms with van der Waals surface area (Å²) >= 11 is 5.96. The van der Waals surface area contributed by atoms with Crippen LogP contribution in [0, 0.1) is 11.7 Å². The van der Waals surface area contributed by atoms with Crippen LogP contribution in [0.1, 0.15) is 38.8 Å². The van der Waals surface area contributed by atoms with E-state index in [0.29, 0.717) is 25.1 Å². The van der Waals surface area contributed by atoms with Gasteiger partial charge in [0.1, 0.15) is 5.82 Å². The molecule has 1 aromatic rings. The average Bonchev–Trinajstić information content (AvgIpc) is 2.46. The highest BCUT2D eigenvalue weighted by Crippen LogP contribution is 2.23. The number of benzene rings is 1. The molecular weight excluding hydrogens is 321 g/mol. The van der Waals surface area contributed by atoms with Gasteiger partial charge in [0.2, 0.25) is 5.91 Å². The van der Waals surface area contributed by atoms with Crippen LogP contribution in [0.25, 0.3) is 0 Å². The molecule has 0 aliphatic heterocycles. The number of hydrogen-bond acceptors (Lipinski definition) is 2. The van der Waals surface area contributed by atoms with Crippen molar-refractivity contribution >= 4 is 23.5 Å². The van der Waals surface area contributed by atoms with Crippen molar-refractivity contribution in [3.05, 3.63) is 34.6 Å². The maximum Gasteiger partial charge on any atom is 0.315 e. The Bertz CT molecular complexity index is 552. The van der Waals surface area contributed by atoms with E-state index in [1.54, 1.807) is 13.0 Å². The Labute approximate surface area is 141 Å². The minimum Gasteiger partial charge on any atom is -0.356 e. The molecule has 0 saturated carbocycles. The molecule has 0 aliphatic rings. The lowest BCUT2D eigenvalue weighted by atomic mass is 10.1. The molecule has 0 radical (unpaired) electrons. The zero-order valence-corrected chi connectivity index (χ0v) is 14.3. The van der Waals surface area contributed by atoms with E-state index in [1.165, 1.54) is 12.1 Å². The lowest BCUT2D eigenvalue weighted by Crippen LogP contribution is -2.38. The normalized spacial score (nSPS) is 11.9. The van der Waals surface area contributed by atoms with Crippen LogP contribution in [-0.4, -0.2) is 25.0 Å². The second-order valence-electron chi connectivity index (χ2n) is 5.59. The van der Waals surface area contributed by atoms with E-state index in [1.807, 2.05) is 13.8 Å². The molecule has 1 aromatic carbocycles. The number of amides is 3. The molecule has 0 saturated heterocycles. The zero-order valence-electron chi connectivity index (χ0n) is 13.6. The van der Waals surface area contributed by atoms with E-state index in [4.69, 9.17) is 11.6 Å². The third-order valence-corrected chi connectivity index (χ3v) is 3.57. The molecule has 0 bridgehead atoms. The van der Waals surface area contributed by atoms with Gasteiger partial charge in [-0.05, 0) is 31.0 Å². The molecule has 5 nitrogen and oxygen atoms in total. The van der Waals surface area contributed by atoms with Gasteiger partial charge < -0.3 is 16.0 Å². The summed E-state index contributed by atoms with van der Waals surface area (Å²) in [5.74, 6) is -0.472. The molecule has 1 atom stereocenters. The van der Waals surface area contributed by atoms with Crippen molar-refractivity contribution in [2.24, 2.45) is 5.92 Å². The topological polar surface area (TPSA) is 70.2 Å². The second-order valence-corrected chi connectivity index (χ2v) is 5.99. The Morgan fingerprint density at radius 3 is 2.43 bits per heavy atom. The highest BCUT2D eigenvalue weighted by molar-refractivity contribution is 6.31. The zero-order chi connectivity index (χ0) is 17.4. The first-order valence-corrected chi connectivity index (χ1v) is 7.96. The van der Waals surface area contributed by atoms with Crippen LogP contribution in [0.5, 0.6) is 0 Å². The van der Waals surface area contributed by atoms with Gasteiger partial charge >= 0.3 is 6.03 Å². The predicted molar refractivity (Wildman–Crippen MR) is 88.8 cm³/mol. The van der Waals surface area contributed by atoms with Crippen LogP contribution in [0.3, 0.4) is 0 Å².